The van der Waals surface area contributed by atoms with E-state index >= 15 is 0 Å². The fraction of sp³-hybridized carbons (Fsp3) is 0.214. The summed E-state index contributed by atoms with van der Waals surface area (Å²) >= 11 is 0. The highest BCUT2D eigenvalue weighted by Gasteiger charge is 2.07. The molecule has 3 N–H and O–H groups in total. The number of aryl methyl sites for hydroxylation is 2. The van der Waals surface area contributed by atoms with Gasteiger partial charge in [-0.2, -0.15) is 0 Å². The summed E-state index contributed by atoms with van der Waals surface area (Å²) < 4.78 is 1.79. The maximum absolute atomic E-state index is 11.9. The molecule has 0 bridgehead atoms. The van der Waals surface area contributed by atoms with Crippen molar-refractivity contribution in [2.45, 2.75) is 20.3 Å². The lowest BCUT2D eigenvalue weighted by molar-refractivity contribution is -0.116. The minimum atomic E-state index is -0.0528. The van der Waals surface area contributed by atoms with E-state index in [0.29, 0.717) is 12.1 Å². The molecule has 1 aromatic carbocycles. The van der Waals surface area contributed by atoms with Gasteiger partial charge in [-0.05, 0) is 43.7 Å². The third-order valence-electron chi connectivity index (χ3n) is 2.82. The monoisotopic (exact) mass is 243 g/mol. The summed E-state index contributed by atoms with van der Waals surface area (Å²) in [7, 11) is 0. The molecular weight excluding hydrogens is 226 g/mol. The molecule has 0 saturated carbocycles. The second kappa shape index (κ2) is 4.96. The van der Waals surface area contributed by atoms with Crippen LogP contribution in [0, 0.1) is 13.8 Å². The van der Waals surface area contributed by atoms with E-state index in [2.05, 4.69) is 5.43 Å². The Hall–Kier alpha value is -2.23. The molecule has 0 aliphatic rings. The number of carbonyl (C=O) groups excluding carboxylic acids is 1. The third kappa shape index (κ3) is 2.71. The minimum Gasteiger partial charge on any atom is -0.399 e. The Morgan fingerprint density at radius 2 is 1.89 bits per heavy atom. The molecule has 1 heterocycles. The van der Waals surface area contributed by atoms with Crippen molar-refractivity contribution >= 4 is 11.6 Å². The van der Waals surface area contributed by atoms with E-state index in [1.54, 1.807) is 4.68 Å². The number of nitrogens with two attached hydrogens (primary N) is 1. The summed E-state index contributed by atoms with van der Waals surface area (Å²) in [5.74, 6) is -0.0528. The molecule has 0 aliphatic heterocycles. The lowest BCUT2D eigenvalue weighted by Crippen LogP contribution is -2.26. The first-order valence-corrected chi connectivity index (χ1v) is 5.85. The zero-order chi connectivity index (χ0) is 13.1. The number of hydrogen-bond donors (Lipinski definition) is 2. The fourth-order valence-corrected chi connectivity index (χ4v) is 1.90. The summed E-state index contributed by atoms with van der Waals surface area (Å²) in [6.45, 7) is 3.90. The van der Waals surface area contributed by atoms with E-state index in [-0.39, 0.29) is 5.91 Å². The Bertz CT molecular complexity index is 553. The number of nitrogens with one attached hydrogen (secondary N) is 1. The maximum atomic E-state index is 11.9. The maximum Gasteiger partial charge on any atom is 0.243 e. The van der Waals surface area contributed by atoms with Crippen molar-refractivity contribution < 1.29 is 4.79 Å². The molecule has 94 valence electrons. The highest BCUT2D eigenvalue weighted by atomic mass is 16.2. The van der Waals surface area contributed by atoms with Gasteiger partial charge in [0, 0.05) is 17.1 Å². The minimum absolute atomic E-state index is 0.0528. The van der Waals surface area contributed by atoms with Crippen molar-refractivity contribution in [2.75, 3.05) is 11.2 Å². The Labute approximate surface area is 106 Å². The summed E-state index contributed by atoms with van der Waals surface area (Å²) in [5, 5.41) is 0. The molecule has 18 heavy (non-hydrogen) atoms. The number of nitrogens with zero attached hydrogens (tertiary/aromatic N) is 1. The van der Waals surface area contributed by atoms with E-state index in [9.17, 15) is 4.79 Å². The van der Waals surface area contributed by atoms with Crippen molar-refractivity contribution in [3.63, 3.8) is 0 Å². The largest absolute Gasteiger partial charge is 0.399 e. The second-order valence-electron chi connectivity index (χ2n) is 4.41. The molecule has 1 aromatic heterocycles. The third-order valence-corrected chi connectivity index (χ3v) is 2.82. The first-order valence-electron chi connectivity index (χ1n) is 5.85. The number of amides is 1. The number of anilines is 1. The van der Waals surface area contributed by atoms with Gasteiger partial charge in [0.25, 0.3) is 0 Å². The van der Waals surface area contributed by atoms with Gasteiger partial charge in [-0.25, -0.2) is 0 Å². The summed E-state index contributed by atoms with van der Waals surface area (Å²) in [6, 6.07) is 11.3. The van der Waals surface area contributed by atoms with E-state index in [1.807, 2.05) is 50.2 Å². The zero-order valence-electron chi connectivity index (χ0n) is 10.6. The number of nitrogen functional groups attached to an aromatic ring is 1. The van der Waals surface area contributed by atoms with Crippen LogP contribution in [0.4, 0.5) is 5.69 Å². The number of hydrogen-bond acceptors (Lipinski definition) is 2. The molecule has 4 nitrogen and oxygen atoms in total. The van der Waals surface area contributed by atoms with Crippen LogP contribution in [0.1, 0.15) is 17.0 Å². The molecule has 0 fully saturated rings. The first kappa shape index (κ1) is 12.2. The van der Waals surface area contributed by atoms with Crippen LogP contribution in [-0.2, 0) is 11.2 Å². The molecule has 0 aliphatic carbocycles. The smallest absolute Gasteiger partial charge is 0.243 e. The summed E-state index contributed by atoms with van der Waals surface area (Å²) in [4.78, 5) is 11.9. The predicted octanol–water partition coefficient (Wildman–Crippen LogP) is 2.00. The van der Waals surface area contributed by atoms with Crippen molar-refractivity contribution in [3.8, 4) is 0 Å². The number of aromatic nitrogens is 1. The molecule has 4 heteroatoms. The normalized spacial score (nSPS) is 10.3. The predicted molar refractivity (Wildman–Crippen MR) is 72.8 cm³/mol. The number of rotatable bonds is 3. The second-order valence-corrected chi connectivity index (χ2v) is 4.41. The number of benzene rings is 1. The average molecular weight is 243 g/mol. The van der Waals surface area contributed by atoms with E-state index < -0.39 is 0 Å². The Morgan fingerprint density at radius 1 is 1.22 bits per heavy atom. The van der Waals surface area contributed by atoms with E-state index in [0.717, 1.165) is 17.0 Å². The number of carbonyl (C=O) groups is 1. The van der Waals surface area contributed by atoms with Crippen LogP contribution >= 0.6 is 0 Å². The summed E-state index contributed by atoms with van der Waals surface area (Å²) in [5.41, 5.74) is 12.1. The molecule has 0 saturated heterocycles. The van der Waals surface area contributed by atoms with Crippen LogP contribution in [0.2, 0.25) is 0 Å². The van der Waals surface area contributed by atoms with Crippen LogP contribution in [0.15, 0.2) is 36.4 Å². The van der Waals surface area contributed by atoms with Gasteiger partial charge in [-0.3, -0.25) is 14.9 Å². The van der Waals surface area contributed by atoms with Gasteiger partial charge in [0.1, 0.15) is 0 Å². The molecule has 1 amide bonds. The highest BCUT2D eigenvalue weighted by Crippen LogP contribution is 2.08. The van der Waals surface area contributed by atoms with Gasteiger partial charge in [-0.1, -0.05) is 12.1 Å². The van der Waals surface area contributed by atoms with Crippen molar-refractivity contribution in [1.29, 1.82) is 0 Å². The zero-order valence-corrected chi connectivity index (χ0v) is 10.6. The van der Waals surface area contributed by atoms with Crippen LogP contribution in [0.3, 0.4) is 0 Å². The van der Waals surface area contributed by atoms with Crippen LogP contribution in [-0.4, -0.2) is 10.6 Å². The van der Waals surface area contributed by atoms with Crippen LogP contribution in [0.5, 0.6) is 0 Å². The van der Waals surface area contributed by atoms with Crippen molar-refractivity contribution in [3.05, 3.63) is 53.3 Å². The topological polar surface area (TPSA) is 60.0 Å². The van der Waals surface area contributed by atoms with Gasteiger partial charge < -0.3 is 5.73 Å². The quantitative estimate of drug-likeness (QED) is 0.810. The van der Waals surface area contributed by atoms with Gasteiger partial charge in [0.15, 0.2) is 0 Å². The Balaban J connectivity index is 2.06. The molecular formula is C14H17N3O. The lowest BCUT2D eigenvalue weighted by Gasteiger charge is -2.11. The fourth-order valence-electron chi connectivity index (χ4n) is 1.90. The highest BCUT2D eigenvalue weighted by molar-refractivity contribution is 5.86. The van der Waals surface area contributed by atoms with Crippen molar-refractivity contribution in [1.82, 2.24) is 4.68 Å². The lowest BCUT2D eigenvalue weighted by atomic mass is 10.1. The van der Waals surface area contributed by atoms with E-state index in [4.69, 9.17) is 5.73 Å². The van der Waals surface area contributed by atoms with E-state index in [1.165, 1.54) is 0 Å². The SMILES string of the molecule is Cc1ccc(C)n1NC(=O)Cc1cccc(N)c1. The molecule has 2 aromatic rings. The molecule has 0 radical (unpaired) electrons. The summed E-state index contributed by atoms with van der Waals surface area (Å²) in [6.07, 6.45) is 0.322. The molecule has 0 unspecified atom stereocenters. The van der Waals surface area contributed by atoms with Crippen LogP contribution in [0.25, 0.3) is 0 Å². The Morgan fingerprint density at radius 3 is 2.50 bits per heavy atom. The molecule has 2 rings (SSSR count). The molecule has 0 spiro atoms. The van der Waals surface area contributed by atoms with Crippen molar-refractivity contribution in [2.24, 2.45) is 0 Å². The van der Waals surface area contributed by atoms with Gasteiger partial charge in [0.2, 0.25) is 5.91 Å². The van der Waals surface area contributed by atoms with Gasteiger partial charge in [-0.15, -0.1) is 0 Å². The van der Waals surface area contributed by atoms with Crippen LogP contribution < -0.4 is 11.2 Å². The van der Waals surface area contributed by atoms with Gasteiger partial charge >= 0.3 is 0 Å². The average Bonchev–Trinajstić information content (AvgIpc) is 2.61. The van der Waals surface area contributed by atoms with Gasteiger partial charge in [0.05, 0.1) is 6.42 Å². The standard InChI is InChI=1S/C14H17N3O/c1-10-6-7-11(2)17(10)16-14(18)9-12-4-3-5-13(15)8-12/h3-8H,9,15H2,1-2H3,(H,16,18). The first-order chi connectivity index (χ1) is 8.56. The Kier molecular flexibility index (Phi) is 3.37. The molecule has 0 atom stereocenters.